The maximum atomic E-state index is 5.80. The molecule has 96 valence electrons. The average molecular weight is 259 g/mol. The van der Waals surface area contributed by atoms with Crippen LogP contribution in [0, 0.1) is 0 Å². The molecule has 0 aromatic heterocycles. The monoisotopic (exact) mass is 258 g/mol. The minimum Gasteiger partial charge on any atom is -0.441 e. The van der Waals surface area contributed by atoms with E-state index in [0.717, 1.165) is 12.8 Å². The molecule has 0 bridgehead atoms. The van der Waals surface area contributed by atoms with Gasteiger partial charge < -0.3 is 14.2 Å². The number of benzene rings is 1. The van der Waals surface area contributed by atoms with Crippen molar-refractivity contribution in [3.8, 4) is 5.75 Å². The second-order valence-electron chi connectivity index (χ2n) is 3.60. The molecule has 1 aromatic carbocycles. The molecular formula is C13H19ClO3. The van der Waals surface area contributed by atoms with E-state index >= 15 is 0 Å². The van der Waals surface area contributed by atoms with E-state index < -0.39 is 6.48 Å². The summed E-state index contributed by atoms with van der Waals surface area (Å²) < 4.78 is 16.5. The Kier molecular flexibility index (Phi) is 7.01. The molecule has 4 heteroatoms. The average Bonchev–Trinajstić information content (AvgIpc) is 2.35. The van der Waals surface area contributed by atoms with Gasteiger partial charge in [0.05, 0.1) is 13.2 Å². The van der Waals surface area contributed by atoms with Crippen LogP contribution in [-0.4, -0.2) is 19.7 Å². The van der Waals surface area contributed by atoms with Crippen LogP contribution in [0.15, 0.2) is 24.3 Å². The van der Waals surface area contributed by atoms with Gasteiger partial charge in [0.1, 0.15) is 5.75 Å². The predicted molar refractivity (Wildman–Crippen MR) is 68.4 cm³/mol. The Morgan fingerprint density at radius 1 is 1.00 bits per heavy atom. The van der Waals surface area contributed by atoms with Crippen molar-refractivity contribution in [2.45, 2.75) is 33.2 Å². The quantitative estimate of drug-likeness (QED) is 0.663. The largest absolute Gasteiger partial charge is 0.441 e. The predicted octanol–water partition coefficient (Wildman–Crippen LogP) is 3.86. The first kappa shape index (κ1) is 14.3. The van der Waals surface area contributed by atoms with Crippen molar-refractivity contribution in [3.05, 3.63) is 29.3 Å². The topological polar surface area (TPSA) is 27.7 Å². The number of hydrogen-bond acceptors (Lipinski definition) is 3. The third-order valence-corrected chi connectivity index (χ3v) is 2.21. The van der Waals surface area contributed by atoms with Crippen molar-refractivity contribution in [2.24, 2.45) is 0 Å². The Morgan fingerprint density at radius 2 is 1.53 bits per heavy atom. The van der Waals surface area contributed by atoms with Gasteiger partial charge in [0.2, 0.25) is 0 Å². The molecule has 0 N–H and O–H groups in total. The zero-order chi connectivity index (χ0) is 12.5. The number of hydrogen-bond donors (Lipinski definition) is 0. The van der Waals surface area contributed by atoms with Crippen LogP contribution in [0.2, 0.25) is 5.02 Å². The van der Waals surface area contributed by atoms with Crippen molar-refractivity contribution < 1.29 is 14.2 Å². The molecule has 0 saturated carbocycles. The van der Waals surface area contributed by atoms with Crippen LogP contribution in [0.4, 0.5) is 0 Å². The molecule has 0 radical (unpaired) electrons. The second-order valence-corrected chi connectivity index (χ2v) is 4.04. The minimum atomic E-state index is -0.643. The van der Waals surface area contributed by atoms with E-state index in [-0.39, 0.29) is 0 Å². The smallest absolute Gasteiger partial charge is 0.315 e. The Balaban J connectivity index is 2.48. The molecule has 1 aromatic rings. The molecular weight excluding hydrogens is 240 g/mol. The molecule has 0 aliphatic carbocycles. The fourth-order valence-corrected chi connectivity index (χ4v) is 1.29. The zero-order valence-electron chi connectivity index (χ0n) is 10.3. The molecule has 0 amide bonds. The Morgan fingerprint density at radius 3 is 2.00 bits per heavy atom. The molecule has 0 spiro atoms. The van der Waals surface area contributed by atoms with Gasteiger partial charge in [-0.05, 0) is 37.1 Å². The lowest BCUT2D eigenvalue weighted by Gasteiger charge is -2.19. The third kappa shape index (κ3) is 5.91. The van der Waals surface area contributed by atoms with Gasteiger partial charge in [-0.15, -0.1) is 0 Å². The van der Waals surface area contributed by atoms with Gasteiger partial charge in [-0.3, -0.25) is 0 Å². The number of rotatable bonds is 8. The van der Waals surface area contributed by atoms with Crippen LogP contribution in [0.3, 0.4) is 0 Å². The van der Waals surface area contributed by atoms with Crippen molar-refractivity contribution in [1.29, 1.82) is 0 Å². The summed E-state index contributed by atoms with van der Waals surface area (Å²) in [5.41, 5.74) is 0. The summed E-state index contributed by atoms with van der Waals surface area (Å²) >= 11 is 5.80. The van der Waals surface area contributed by atoms with Crippen molar-refractivity contribution in [3.63, 3.8) is 0 Å². The highest BCUT2D eigenvalue weighted by molar-refractivity contribution is 6.30. The van der Waals surface area contributed by atoms with Crippen LogP contribution in [0.25, 0.3) is 0 Å². The SMILES string of the molecule is CCCOC(OCCC)Oc1ccc(Cl)cc1. The van der Waals surface area contributed by atoms with Gasteiger partial charge in [0, 0.05) is 5.02 Å². The van der Waals surface area contributed by atoms with Crippen LogP contribution in [0.5, 0.6) is 5.75 Å². The van der Waals surface area contributed by atoms with Gasteiger partial charge >= 0.3 is 6.48 Å². The van der Waals surface area contributed by atoms with E-state index in [4.69, 9.17) is 25.8 Å². The highest BCUT2D eigenvalue weighted by Gasteiger charge is 2.10. The van der Waals surface area contributed by atoms with Gasteiger partial charge in [-0.2, -0.15) is 0 Å². The first-order chi connectivity index (χ1) is 8.26. The van der Waals surface area contributed by atoms with E-state index in [1.807, 2.05) is 13.8 Å². The van der Waals surface area contributed by atoms with Crippen LogP contribution in [0.1, 0.15) is 26.7 Å². The molecule has 3 nitrogen and oxygen atoms in total. The fourth-order valence-electron chi connectivity index (χ4n) is 1.17. The maximum Gasteiger partial charge on any atom is 0.315 e. The molecule has 0 unspecified atom stereocenters. The maximum absolute atomic E-state index is 5.80. The highest BCUT2D eigenvalue weighted by Crippen LogP contribution is 2.17. The summed E-state index contributed by atoms with van der Waals surface area (Å²) in [7, 11) is 0. The van der Waals surface area contributed by atoms with Gasteiger partial charge in [-0.25, -0.2) is 0 Å². The van der Waals surface area contributed by atoms with Crippen LogP contribution in [-0.2, 0) is 9.47 Å². The highest BCUT2D eigenvalue weighted by atomic mass is 35.5. The van der Waals surface area contributed by atoms with Crippen molar-refractivity contribution >= 4 is 11.6 Å². The van der Waals surface area contributed by atoms with Crippen LogP contribution < -0.4 is 4.74 Å². The molecule has 0 aliphatic rings. The Bertz CT molecular complexity index is 292. The lowest BCUT2D eigenvalue weighted by atomic mass is 10.3. The molecule has 0 aliphatic heterocycles. The normalized spacial score (nSPS) is 10.8. The standard InChI is InChI=1S/C13H19ClO3/c1-3-9-15-13(16-10-4-2)17-12-7-5-11(14)6-8-12/h5-8,13H,3-4,9-10H2,1-2H3. The summed E-state index contributed by atoms with van der Waals surface area (Å²) in [5.74, 6) is 0.687. The van der Waals surface area contributed by atoms with Gasteiger partial charge in [0.25, 0.3) is 0 Å². The summed E-state index contributed by atoms with van der Waals surface area (Å²) in [4.78, 5) is 0. The third-order valence-electron chi connectivity index (χ3n) is 1.96. The summed E-state index contributed by atoms with van der Waals surface area (Å²) in [6.45, 7) is 4.67. The number of halogens is 1. The number of ether oxygens (including phenoxy) is 3. The lowest BCUT2D eigenvalue weighted by molar-refractivity contribution is -0.246. The summed E-state index contributed by atoms with van der Waals surface area (Å²) in [6, 6.07) is 7.13. The van der Waals surface area contributed by atoms with Crippen molar-refractivity contribution in [2.75, 3.05) is 13.2 Å². The summed E-state index contributed by atoms with van der Waals surface area (Å²) in [5, 5.41) is 0.679. The van der Waals surface area contributed by atoms with Crippen molar-refractivity contribution in [1.82, 2.24) is 0 Å². The van der Waals surface area contributed by atoms with E-state index in [2.05, 4.69) is 0 Å². The second kappa shape index (κ2) is 8.34. The first-order valence-corrected chi connectivity index (χ1v) is 6.29. The molecule has 0 fully saturated rings. The van der Waals surface area contributed by atoms with E-state index in [0.29, 0.717) is 24.0 Å². The van der Waals surface area contributed by atoms with E-state index in [1.54, 1.807) is 24.3 Å². The molecule has 17 heavy (non-hydrogen) atoms. The van der Waals surface area contributed by atoms with Gasteiger partial charge in [0.15, 0.2) is 0 Å². The molecule has 0 atom stereocenters. The zero-order valence-corrected chi connectivity index (χ0v) is 11.1. The van der Waals surface area contributed by atoms with Crippen LogP contribution >= 0.6 is 11.6 Å². The first-order valence-electron chi connectivity index (χ1n) is 5.91. The summed E-state index contributed by atoms with van der Waals surface area (Å²) in [6.07, 6.45) is 1.85. The molecule has 1 rings (SSSR count). The Labute approximate surface area is 108 Å². The fraction of sp³-hybridized carbons (Fsp3) is 0.538. The lowest BCUT2D eigenvalue weighted by Crippen LogP contribution is -2.25. The minimum absolute atomic E-state index is 0.613. The molecule has 0 heterocycles. The van der Waals surface area contributed by atoms with E-state index in [1.165, 1.54) is 0 Å². The van der Waals surface area contributed by atoms with E-state index in [9.17, 15) is 0 Å². The molecule has 0 saturated heterocycles. The van der Waals surface area contributed by atoms with Gasteiger partial charge in [-0.1, -0.05) is 25.4 Å². The Hall–Kier alpha value is -0.770.